The Morgan fingerprint density at radius 3 is 1.89 bits per heavy atom. The fraction of sp³-hybridized carbons (Fsp3) is 0.263. The molecule has 0 amide bonds. The molecule has 5 nitrogen and oxygen atoms in total. The fourth-order valence-corrected chi connectivity index (χ4v) is 4.91. The first kappa shape index (κ1) is 25.0. The molecule has 0 saturated heterocycles. The van der Waals surface area contributed by atoms with Crippen molar-refractivity contribution in [3.63, 3.8) is 0 Å². The van der Waals surface area contributed by atoms with Crippen LogP contribution in [0.2, 0.25) is 0 Å². The molecule has 0 unspecified atom stereocenters. The summed E-state index contributed by atoms with van der Waals surface area (Å²) in [5.74, 6) is 1.23. The van der Waals surface area contributed by atoms with Crippen LogP contribution >= 0.6 is 55.4 Å². The quantitative estimate of drug-likeness (QED) is 0.210. The number of hydrogen-bond acceptors (Lipinski definition) is 6. The van der Waals surface area contributed by atoms with E-state index in [1.165, 1.54) is 36.1 Å². The number of halogens is 2. The lowest BCUT2D eigenvalue weighted by Crippen LogP contribution is -2.04. The fourth-order valence-electron chi connectivity index (χ4n) is 2.51. The minimum Gasteiger partial charge on any atom is -0.455 e. The maximum Gasteiger partial charge on any atom is 0.151 e. The third kappa shape index (κ3) is 5.76. The molecule has 0 saturated carbocycles. The molecule has 0 aliphatic carbocycles. The van der Waals surface area contributed by atoms with Crippen LogP contribution in [-0.2, 0) is 11.5 Å². The van der Waals surface area contributed by atoms with E-state index in [1.807, 2.05) is 38.1 Å². The van der Waals surface area contributed by atoms with Crippen LogP contribution in [0.5, 0.6) is 0 Å². The third-order valence-corrected chi connectivity index (χ3v) is 6.44. The van der Waals surface area contributed by atoms with E-state index in [1.54, 1.807) is 0 Å². The Hall–Kier alpha value is -1.000. The SMILES string of the molecule is CC.CN.N=CSCc1c(Br)ccc2c1oc1c(CSC(=N)N)c(Br)ccc12. The Labute approximate surface area is 190 Å². The van der Waals surface area contributed by atoms with Crippen LogP contribution in [0.4, 0.5) is 0 Å². The van der Waals surface area contributed by atoms with Crippen LogP contribution < -0.4 is 11.5 Å². The Bertz CT molecular complexity index is 960. The van der Waals surface area contributed by atoms with Gasteiger partial charge in [0.05, 0.1) is 5.55 Å². The molecule has 0 fully saturated rings. The van der Waals surface area contributed by atoms with Crippen LogP contribution in [-0.4, -0.2) is 17.8 Å². The highest BCUT2D eigenvalue weighted by Gasteiger charge is 2.17. The zero-order valence-electron chi connectivity index (χ0n) is 15.9. The standard InChI is InChI=1S/C16H13Br2N3OS2.C2H6.CH5N/c17-12-3-1-8-9-2-4-13(18)11(6-24-16(20)21)15(9)22-14(8)10(12)5-23-7-19;2*1-2/h1-4,7,19H,5-6H2,(H3,20,21);1-2H3;2H2,1H3. The Kier molecular flexibility index (Phi) is 11.2. The summed E-state index contributed by atoms with van der Waals surface area (Å²) < 4.78 is 8.15. The number of nitrogens with two attached hydrogens (primary N) is 2. The molecule has 0 bridgehead atoms. The summed E-state index contributed by atoms with van der Waals surface area (Å²) in [4.78, 5) is 0. The number of rotatable bonds is 5. The zero-order chi connectivity index (χ0) is 21.3. The molecule has 0 aliphatic heterocycles. The van der Waals surface area contributed by atoms with Gasteiger partial charge in [-0.05, 0) is 31.3 Å². The Balaban J connectivity index is 0.000000921. The van der Waals surface area contributed by atoms with E-state index >= 15 is 0 Å². The van der Waals surface area contributed by atoms with E-state index in [2.05, 4.69) is 37.6 Å². The van der Waals surface area contributed by atoms with Gasteiger partial charge in [0.25, 0.3) is 0 Å². The summed E-state index contributed by atoms with van der Waals surface area (Å²) in [5.41, 5.74) is 15.0. The normalized spacial score (nSPS) is 10.1. The number of nitrogens with one attached hydrogen (secondary N) is 2. The van der Waals surface area contributed by atoms with Crippen molar-refractivity contribution >= 4 is 88.0 Å². The number of furan rings is 1. The van der Waals surface area contributed by atoms with Crippen molar-refractivity contribution in [2.75, 3.05) is 7.05 Å². The average molecular weight is 548 g/mol. The predicted molar refractivity (Wildman–Crippen MR) is 134 cm³/mol. The van der Waals surface area contributed by atoms with Gasteiger partial charge >= 0.3 is 0 Å². The molecule has 3 rings (SSSR count). The average Bonchev–Trinajstić information content (AvgIpc) is 3.08. The molecule has 6 N–H and O–H groups in total. The highest BCUT2D eigenvalue weighted by molar-refractivity contribution is 9.10. The lowest BCUT2D eigenvalue weighted by Gasteiger charge is -2.04. The number of thioether (sulfide) groups is 2. The van der Waals surface area contributed by atoms with E-state index in [0.717, 1.165) is 42.0 Å². The molecule has 1 heterocycles. The van der Waals surface area contributed by atoms with Crippen LogP contribution in [0, 0.1) is 10.8 Å². The molecule has 0 radical (unpaired) electrons. The van der Waals surface area contributed by atoms with E-state index < -0.39 is 0 Å². The van der Waals surface area contributed by atoms with Crippen molar-refractivity contribution in [3.05, 3.63) is 44.3 Å². The number of benzene rings is 2. The molecule has 0 aliphatic rings. The third-order valence-electron chi connectivity index (χ3n) is 3.58. The summed E-state index contributed by atoms with van der Waals surface area (Å²) in [6.07, 6.45) is 0. The van der Waals surface area contributed by atoms with Crippen LogP contribution in [0.15, 0.2) is 37.6 Å². The second-order valence-corrected chi connectivity index (χ2v) is 8.57. The second-order valence-electron chi connectivity index (χ2n) is 4.99. The summed E-state index contributed by atoms with van der Waals surface area (Å²) in [6.45, 7) is 4.00. The first-order chi connectivity index (χ1) is 13.5. The molecule has 2 aromatic carbocycles. The van der Waals surface area contributed by atoms with Crippen molar-refractivity contribution in [1.82, 2.24) is 0 Å². The first-order valence-electron chi connectivity index (χ1n) is 8.49. The second kappa shape index (κ2) is 12.5. The first-order valence-corrected chi connectivity index (χ1v) is 12.1. The summed E-state index contributed by atoms with van der Waals surface area (Å²) in [5, 5.41) is 16.9. The van der Waals surface area contributed by atoms with Crippen LogP contribution in [0.3, 0.4) is 0 Å². The molecule has 3 aromatic rings. The monoisotopic (exact) mass is 546 g/mol. The van der Waals surface area contributed by atoms with Crippen LogP contribution in [0.1, 0.15) is 25.0 Å². The van der Waals surface area contributed by atoms with Gasteiger partial charge in [0.1, 0.15) is 11.2 Å². The van der Waals surface area contributed by atoms with Gasteiger partial charge in [0.15, 0.2) is 5.17 Å². The molecule has 28 heavy (non-hydrogen) atoms. The highest BCUT2D eigenvalue weighted by atomic mass is 79.9. The molecule has 9 heteroatoms. The lowest BCUT2D eigenvalue weighted by atomic mass is 10.1. The Morgan fingerprint density at radius 1 is 1.00 bits per heavy atom. The van der Waals surface area contributed by atoms with Crippen molar-refractivity contribution in [1.29, 1.82) is 10.8 Å². The van der Waals surface area contributed by atoms with Crippen molar-refractivity contribution in [3.8, 4) is 0 Å². The van der Waals surface area contributed by atoms with E-state index in [0.29, 0.717) is 11.5 Å². The van der Waals surface area contributed by atoms with Crippen LogP contribution in [0.25, 0.3) is 21.9 Å². The van der Waals surface area contributed by atoms with Crippen molar-refractivity contribution in [2.45, 2.75) is 25.4 Å². The molecule has 152 valence electrons. The molecule has 1 aromatic heterocycles. The predicted octanol–water partition coefficient (Wildman–Crippen LogP) is 6.68. The van der Waals surface area contributed by atoms with Gasteiger partial charge in [-0.3, -0.25) is 5.41 Å². The number of fused-ring (bicyclic) bond motifs is 3. The summed E-state index contributed by atoms with van der Waals surface area (Å²) in [7, 11) is 1.50. The lowest BCUT2D eigenvalue weighted by molar-refractivity contribution is 0.661. The van der Waals surface area contributed by atoms with Gasteiger partial charge in [-0.2, -0.15) is 0 Å². The van der Waals surface area contributed by atoms with Crippen molar-refractivity contribution < 1.29 is 4.42 Å². The number of amidine groups is 1. The number of hydrogen-bond donors (Lipinski definition) is 4. The van der Waals surface area contributed by atoms with Gasteiger partial charge < -0.3 is 21.3 Å². The Morgan fingerprint density at radius 2 is 1.46 bits per heavy atom. The molecule has 0 spiro atoms. The smallest absolute Gasteiger partial charge is 0.151 e. The van der Waals surface area contributed by atoms with Gasteiger partial charge in [-0.15, -0.1) is 11.8 Å². The topological polar surface area (TPSA) is 113 Å². The molecule has 0 atom stereocenters. The highest BCUT2D eigenvalue weighted by Crippen LogP contribution is 2.39. The minimum atomic E-state index is 0.0841. The maximum absolute atomic E-state index is 7.43. The van der Waals surface area contributed by atoms with Gasteiger partial charge in [0, 0.05) is 42.4 Å². The molecular formula is C19H24Br2N4OS2. The summed E-state index contributed by atoms with van der Waals surface area (Å²) in [6, 6.07) is 8.10. The minimum absolute atomic E-state index is 0.0841. The van der Waals surface area contributed by atoms with Gasteiger partial charge in [-0.25, -0.2) is 0 Å². The van der Waals surface area contributed by atoms with E-state index in [4.69, 9.17) is 21.0 Å². The van der Waals surface area contributed by atoms with E-state index in [-0.39, 0.29) is 5.17 Å². The van der Waals surface area contributed by atoms with E-state index in [9.17, 15) is 0 Å². The summed E-state index contributed by atoms with van der Waals surface area (Å²) >= 11 is 9.84. The largest absolute Gasteiger partial charge is 0.455 e. The maximum atomic E-state index is 7.43. The zero-order valence-corrected chi connectivity index (χ0v) is 20.7. The van der Waals surface area contributed by atoms with Gasteiger partial charge in [0.2, 0.25) is 0 Å². The van der Waals surface area contributed by atoms with Crippen molar-refractivity contribution in [2.24, 2.45) is 11.5 Å². The van der Waals surface area contributed by atoms with Gasteiger partial charge in [-0.1, -0.05) is 57.5 Å². The molecular weight excluding hydrogens is 524 g/mol.